The monoisotopic (exact) mass is 716 g/mol. The van der Waals surface area contributed by atoms with Crippen LogP contribution in [0.15, 0.2) is 182 Å². The van der Waals surface area contributed by atoms with E-state index in [2.05, 4.69) is 140 Å². The molecular weight excluding hydrogens is 681 g/mol. The molecule has 10 aromatic rings. The molecule has 4 heteroatoms. The van der Waals surface area contributed by atoms with Crippen molar-refractivity contribution < 1.29 is 0 Å². The smallest absolute Gasteiger partial charge is 0.164 e. The van der Waals surface area contributed by atoms with Gasteiger partial charge in [-0.3, -0.25) is 0 Å². The summed E-state index contributed by atoms with van der Waals surface area (Å²) in [5, 5.41) is 4.77. The van der Waals surface area contributed by atoms with Crippen LogP contribution < -0.4 is 0 Å². The Balaban J connectivity index is 1.14. The van der Waals surface area contributed by atoms with Crippen molar-refractivity contribution >= 4 is 32.6 Å². The molecule has 0 saturated heterocycles. The van der Waals surface area contributed by atoms with Gasteiger partial charge in [0.1, 0.15) is 0 Å². The van der Waals surface area contributed by atoms with Crippen molar-refractivity contribution in [2.24, 2.45) is 0 Å². The highest BCUT2D eigenvalue weighted by Gasteiger charge is 2.35. The zero-order chi connectivity index (χ0) is 37.4. The Hall–Kier alpha value is -7.17. The molecule has 2 aromatic heterocycles. The quantitative estimate of drug-likeness (QED) is 0.178. The van der Waals surface area contributed by atoms with Crippen LogP contribution in [0, 0.1) is 0 Å². The number of rotatable bonds is 5. The molecule has 0 unspecified atom stereocenters. The van der Waals surface area contributed by atoms with Gasteiger partial charge in [-0.25, -0.2) is 15.0 Å². The van der Waals surface area contributed by atoms with E-state index in [9.17, 15) is 0 Å². The predicted molar refractivity (Wildman–Crippen MR) is 231 cm³/mol. The van der Waals surface area contributed by atoms with Gasteiger partial charge >= 0.3 is 0 Å². The van der Waals surface area contributed by atoms with E-state index in [1.165, 1.54) is 54.9 Å². The van der Waals surface area contributed by atoms with Crippen LogP contribution in [-0.2, 0) is 5.41 Å². The highest BCUT2D eigenvalue weighted by molar-refractivity contribution is 6.12. The summed E-state index contributed by atoms with van der Waals surface area (Å²) in [5.41, 5.74) is 14.0. The molecule has 0 bridgehead atoms. The summed E-state index contributed by atoms with van der Waals surface area (Å²) in [4.78, 5) is 15.1. The molecule has 11 rings (SSSR count). The largest absolute Gasteiger partial charge is 0.309 e. The SMILES string of the molecule is CC1(C)c2ccccc2-c2cc(-c3ccc4c(c3)c3ccc(-c5nc(-c6ccccc6)nc(-c6ccccc6)n5)cc3n4-c3cccc4ccccc34)ccc21. The lowest BCUT2D eigenvalue weighted by molar-refractivity contribution is 0.660. The van der Waals surface area contributed by atoms with Gasteiger partial charge in [0.05, 0.1) is 16.7 Å². The number of hydrogen-bond acceptors (Lipinski definition) is 3. The van der Waals surface area contributed by atoms with Crippen LogP contribution in [0.2, 0.25) is 0 Å². The maximum Gasteiger partial charge on any atom is 0.164 e. The summed E-state index contributed by atoms with van der Waals surface area (Å²) in [6.45, 7) is 4.67. The molecule has 0 atom stereocenters. The fourth-order valence-corrected chi connectivity index (χ4v) is 8.84. The highest BCUT2D eigenvalue weighted by Crippen LogP contribution is 2.50. The van der Waals surface area contributed by atoms with Gasteiger partial charge in [-0.05, 0) is 69.1 Å². The maximum absolute atomic E-state index is 5.09. The fourth-order valence-electron chi connectivity index (χ4n) is 8.84. The molecule has 264 valence electrons. The van der Waals surface area contributed by atoms with Crippen molar-refractivity contribution in [1.29, 1.82) is 0 Å². The summed E-state index contributed by atoms with van der Waals surface area (Å²) in [7, 11) is 0. The first-order valence-corrected chi connectivity index (χ1v) is 19.2. The summed E-state index contributed by atoms with van der Waals surface area (Å²) in [6, 6.07) is 65.0. The van der Waals surface area contributed by atoms with Crippen LogP contribution in [0.25, 0.3) is 94.7 Å². The molecule has 0 fully saturated rings. The molecule has 0 spiro atoms. The van der Waals surface area contributed by atoms with Gasteiger partial charge < -0.3 is 4.57 Å². The molecule has 2 heterocycles. The third-order valence-corrected chi connectivity index (χ3v) is 11.6. The molecule has 8 aromatic carbocycles. The molecular formula is C52H36N4. The van der Waals surface area contributed by atoms with E-state index in [4.69, 9.17) is 15.0 Å². The first-order chi connectivity index (χ1) is 27.5. The van der Waals surface area contributed by atoms with E-state index in [1.54, 1.807) is 0 Å². The van der Waals surface area contributed by atoms with E-state index >= 15 is 0 Å². The van der Waals surface area contributed by atoms with Crippen LogP contribution in [0.3, 0.4) is 0 Å². The maximum atomic E-state index is 5.09. The van der Waals surface area contributed by atoms with Crippen LogP contribution in [0.5, 0.6) is 0 Å². The van der Waals surface area contributed by atoms with Crippen LogP contribution in [0.4, 0.5) is 0 Å². The van der Waals surface area contributed by atoms with Crippen LogP contribution in [0.1, 0.15) is 25.0 Å². The average Bonchev–Trinajstić information content (AvgIpc) is 3.70. The number of fused-ring (bicyclic) bond motifs is 7. The van der Waals surface area contributed by atoms with Crippen molar-refractivity contribution in [2.75, 3.05) is 0 Å². The third-order valence-electron chi connectivity index (χ3n) is 11.6. The van der Waals surface area contributed by atoms with Gasteiger partial charge in [-0.1, -0.05) is 166 Å². The zero-order valence-electron chi connectivity index (χ0n) is 31.1. The predicted octanol–water partition coefficient (Wildman–Crippen LogP) is 13.1. The van der Waals surface area contributed by atoms with E-state index in [0.29, 0.717) is 17.5 Å². The number of aromatic nitrogens is 4. The number of benzene rings is 8. The van der Waals surface area contributed by atoms with Gasteiger partial charge in [0, 0.05) is 38.3 Å². The van der Waals surface area contributed by atoms with E-state index in [0.717, 1.165) is 33.4 Å². The summed E-state index contributed by atoms with van der Waals surface area (Å²) in [6.07, 6.45) is 0. The first-order valence-electron chi connectivity index (χ1n) is 19.2. The van der Waals surface area contributed by atoms with Crippen molar-refractivity contribution in [3.8, 4) is 62.1 Å². The highest BCUT2D eigenvalue weighted by atomic mass is 15.0. The van der Waals surface area contributed by atoms with Gasteiger partial charge in [0.15, 0.2) is 17.5 Å². The Bertz CT molecular complexity index is 3100. The Morgan fingerprint density at radius 2 is 0.964 bits per heavy atom. The topological polar surface area (TPSA) is 43.6 Å². The summed E-state index contributed by atoms with van der Waals surface area (Å²) >= 11 is 0. The molecule has 1 aliphatic rings. The normalized spacial score (nSPS) is 13.0. The van der Waals surface area contributed by atoms with E-state index < -0.39 is 0 Å². The van der Waals surface area contributed by atoms with Gasteiger partial charge in [-0.15, -0.1) is 0 Å². The number of nitrogens with zero attached hydrogens (tertiary/aromatic N) is 4. The Morgan fingerprint density at radius 3 is 1.73 bits per heavy atom. The molecule has 0 aliphatic heterocycles. The Labute approximate surface area is 325 Å². The van der Waals surface area contributed by atoms with E-state index in [1.807, 2.05) is 60.7 Å². The Morgan fingerprint density at radius 1 is 0.375 bits per heavy atom. The third kappa shape index (κ3) is 5.03. The molecule has 4 nitrogen and oxygen atoms in total. The van der Waals surface area contributed by atoms with Crippen molar-refractivity contribution in [1.82, 2.24) is 19.5 Å². The lowest BCUT2D eigenvalue weighted by Crippen LogP contribution is -2.14. The van der Waals surface area contributed by atoms with E-state index in [-0.39, 0.29) is 5.41 Å². The minimum Gasteiger partial charge on any atom is -0.309 e. The van der Waals surface area contributed by atoms with Gasteiger partial charge in [-0.2, -0.15) is 0 Å². The zero-order valence-corrected chi connectivity index (χ0v) is 31.1. The lowest BCUT2D eigenvalue weighted by Gasteiger charge is -2.21. The second-order valence-electron chi connectivity index (χ2n) is 15.3. The second-order valence-corrected chi connectivity index (χ2v) is 15.3. The second kappa shape index (κ2) is 12.4. The van der Waals surface area contributed by atoms with Gasteiger partial charge in [0.25, 0.3) is 0 Å². The summed E-state index contributed by atoms with van der Waals surface area (Å²) < 4.78 is 2.42. The molecule has 1 aliphatic carbocycles. The van der Waals surface area contributed by atoms with Crippen molar-refractivity contribution in [2.45, 2.75) is 19.3 Å². The van der Waals surface area contributed by atoms with Crippen LogP contribution in [-0.4, -0.2) is 19.5 Å². The van der Waals surface area contributed by atoms with Crippen LogP contribution >= 0.6 is 0 Å². The minimum absolute atomic E-state index is 0.0275. The fraction of sp³-hybridized carbons (Fsp3) is 0.0577. The standard InChI is InChI=1S/C52H36N4/c1-52(2)44-22-12-11-21-40(44)42-30-36(25-28-45(42)52)37-26-29-47-43(31-37)41-27-24-38(32-48(41)56(47)46-23-13-19-33-14-9-10-20-39(33)46)51-54-49(34-15-5-3-6-16-34)53-50(55-51)35-17-7-4-8-18-35/h3-32H,1-2H3. The molecule has 0 radical (unpaired) electrons. The van der Waals surface area contributed by atoms with Crippen molar-refractivity contribution in [3.63, 3.8) is 0 Å². The lowest BCUT2D eigenvalue weighted by atomic mass is 9.82. The minimum atomic E-state index is -0.0275. The number of hydrogen-bond donors (Lipinski definition) is 0. The first kappa shape index (κ1) is 32.3. The summed E-state index contributed by atoms with van der Waals surface area (Å²) in [5.74, 6) is 1.93. The van der Waals surface area contributed by atoms with Gasteiger partial charge in [0.2, 0.25) is 0 Å². The average molecular weight is 717 g/mol. The van der Waals surface area contributed by atoms with Crippen molar-refractivity contribution in [3.05, 3.63) is 193 Å². The molecule has 0 N–H and O–H groups in total. The molecule has 0 amide bonds. The Kier molecular flexibility index (Phi) is 7.17. The molecule has 56 heavy (non-hydrogen) atoms. The molecule has 0 saturated carbocycles.